The highest BCUT2D eigenvalue weighted by atomic mass is 35.5. The lowest BCUT2D eigenvalue weighted by atomic mass is 10.1. The molecule has 0 aliphatic rings. The summed E-state index contributed by atoms with van der Waals surface area (Å²) in [6, 6.07) is 29.5. The second kappa shape index (κ2) is 35.0. The molecule has 0 heterocycles. The summed E-state index contributed by atoms with van der Waals surface area (Å²) in [7, 11) is 0. The number of benzene rings is 7. The van der Waals surface area contributed by atoms with E-state index in [9.17, 15) is 66.8 Å². The Morgan fingerprint density at radius 1 is 0.405 bits per heavy atom. The molecule has 7 aromatic rings. The fourth-order valence-electron chi connectivity index (χ4n) is 5.04. The summed E-state index contributed by atoms with van der Waals surface area (Å²) in [5.74, 6) is -7.18. The fourth-order valence-corrected chi connectivity index (χ4v) is 6.93. The van der Waals surface area contributed by atoms with Crippen LogP contribution in [0.15, 0.2) is 97.1 Å². The molecule has 0 aliphatic heterocycles. The average Bonchev–Trinajstić information content (AvgIpc) is 3.61. The first-order chi connectivity index (χ1) is 39.4. The number of para-hydroxylation sites is 1. The minimum absolute atomic E-state index is 0.118. The smallest absolute Gasteiger partial charge is 0.258 e. The Labute approximate surface area is 506 Å². The molecule has 34 heteroatoms. The number of hydrogen-bond acceptors (Lipinski definition) is 15. The maximum absolute atomic E-state index is 12.7. The molecule has 84 heavy (non-hydrogen) atoms. The Morgan fingerprint density at radius 3 is 1.20 bits per heavy atom. The summed E-state index contributed by atoms with van der Waals surface area (Å²) in [4.78, 5) is 38.9. The highest BCUT2D eigenvalue weighted by molar-refractivity contribution is 6.38. The normalized spacial score (nSPS) is 9.12. The number of nitrogens with zero attached hydrogens (tertiary/aromatic N) is 12. The van der Waals surface area contributed by atoms with Crippen LogP contribution >= 0.6 is 92.8 Å². The van der Waals surface area contributed by atoms with E-state index in [2.05, 4.69) is 4.85 Å². The van der Waals surface area contributed by atoms with Crippen LogP contribution in [0.5, 0.6) is 0 Å². The minimum atomic E-state index is -1.44. The molecule has 7 rings (SSSR count). The van der Waals surface area contributed by atoms with Gasteiger partial charge < -0.3 is 0 Å². The van der Waals surface area contributed by atoms with Crippen molar-refractivity contribution in [2.75, 3.05) is 0 Å². The summed E-state index contributed by atoms with van der Waals surface area (Å²) in [6.07, 6.45) is 0. The van der Waals surface area contributed by atoms with Crippen molar-refractivity contribution >= 4 is 121 Å². The second-order valence-electron chi connectivity index (χ2n) is 14.0. The van der Waals surface area contributed by atoms with Gasteiger partial charge in [0.15, 0.2) is 0 Å². The lowest BCUT2D eigenvalue weighted by molar-refractivity contribution is -0.393. The first kappa shape index (κ1) is 72.0. The molecule has 20 nitrogen and oxygen atoms in total. The summed E-state index contributed by atoms with van der Waals surface area (Å²) < 4.78 is 74.9. The van der Waals surface area contributed by atoms with Crippen LogP contribution in [0, 0.1) is 161 Å². The van der Waals surface area contributed by atoms with Gasteiger partial charge in [0.05, 0.1) is 125 Å². The first-order valence-electron chi connectivity index (χ1n) is 20.5. The minimum Gasteiger partial charge on any atom is -0.258 e. The molecule has 0 atom stereocenters. The molecule has 0 saturated heterocycles. The number of rotatable bonds is 4. The van der Waals surface area contributed by atoms with Gasteiger partial charge in [-0.3, -0.25) is 40.5 Å². The molecule has 0 aliphatic carbocycles. The standard InChI is InChI=1S/4C8H2Cl2N2.C6H2F2N2O4.2C6H3F2NO2/c1-12-7-3-6(9)2-5(4-11)8(7)10;9-7-1-5(3-11)8(10)2-6(7)4-12;9-7-1-5(3-11)2-8(10)6(7)4-12;9-7-2-1-5(3-11)8(10)6(7)4-12;7-3-1-5(9(11)12)4(8)2-6(3)10(13)14;7-4-1-2-6(9(10)11)5(8)3-4;7-4-2-1-3-5(8)6(4)9(10)11/h2-3H;3*1-2H;1-2H;2*1-3H. The molecule has 422 valence electrons. The molecule has 0 fully saturated rings. The van der Waals surface area contributed by atoms with Crippen molar-refractivity contribution in [1.82, 2.24) is 0 Å². The molecule has 0 N–H and O–H groups in total. The molecular formula is C50H16Cl8F6N12O8. The van der Waals surface area contributed by atoms with E-state index in [1.54, 1.807) is 0 Å². The van der Waals surface area contributed by atoms with Crippen LogP contribution in [-0.2, 0) is 0 Å². The Bertz CT molecular complexity index is 3940. The number of nitro groups is 4. The van der Waals surface area contributed by atoms with Crippen molar-refractivity contribution in [3.63, 3.8) is 0 Å². The van der Waals surface area contributed by atoms with Gasteiger partial charge in [-0.1, -0.05) is 98.9 Å². The van der Waals surface area contributed by atoms with Crippen molar-refractivity contribution in [1.29, 1.82) is 36.8 Å². The molecule has 0 saturated carbocycles. The number of nitriles is 7. The summed E-state index contributed by atoms with van der Waals surface area (Å²) >= 11 is 45.2. The fraction of sp³-hybridized carbons (Fsp3) is 0. The molecular weight excluding hydrogens is 1290 g/mol. The Hall–Kier alpha value is -10.0. The van der Waals surface area contributed by atoms with E-state index in [0.717, 1.165) is 30.3 Å². The van der Waals surface area contributed by atoms with E-state index in [4.69, 9.17) is 136 Å². The van der Waals surface area contributed by atoms with Gasteiger partial charge in [0, 0.05) is 17.2 Å². The topological polar surface area (TPSA) is 343 Å². The van der Waals surface area contributed by atoms with Crippen LogP contribution < -0.4 is 0 Å². The van der Waals surface area contributed by atoms with Crippen LogP contribution in [0.4, 0.5) is 54.8 Å². The van der Waals surface area contributed by atoms with Gasteiger partial charge in [0.1, 0.15) is 36.2 Å². The third kappa shape index (κ3) is 21.5. The zero-order valence-corrected chi connectivity index (χ0v) is 46.2. The monoisotopic (exact) mass is 1310 g/mol. The Balaban J connectivity index is 0.000000491. The first-order valence-corrected chi connectivity index (χ1v) is 23.5. The predicted octanol–water partition coefficient (Wildman–Crippen LogP) is 17.2. The van der Waals surface area contributed by atoms with Crippen LogP contribution in [0.1, 0.15) is 38.9 Å². The van der Waals surface area contributed by atoms with Gasteiger partial charge in [-0.25, -0.2) is 9.24 Å². The molecule has 0 bridgehead atoms. The maximum atomic E-state index is 12.7. The molecule has 0 aromatic heterocycles. The quantitative estimate of drug-likeness (QED) is 0.0684. The molecule has 0 unspecified atom stereocenters. The van der Waals surface area contributed by atoms with Gasteiger partial charge in [0.2, 0.25) is 34.8 Å². The second-order valence-corrected chi connectivity index (χ2v) is 17.3. The van der Waals surface area contributed by atoms with Gasteiger partial charge in [-0.05, 0) is 66.7 Å². The molecule has 0 spiro atoms. The van der Waals surface area contributed by atoms with Gasteiger partial charge >= 0.3 is 22.7 Å². The van der Waals surface area contributed by atoms with E-state index >= 15 is 0 Å². The Morgan fingerprint density at radius 2 is 0.845 bits per heavy atom. The van der Waals surface area contributed by atoms with Crippen LogP contribution in [0.25, 0.3) is 4.85 Å². The van der Waals surface area contributed by atoms with Gasteiger partial charge in [0.25, 0.3) is 0 Å². The van der Waals surface area contributed by atoms with Crippen LogP contribution in [-0.4, -0.2) is 19.7 Å². The van der Waals surface area contributed by atoms with E-state index in [-0.39, 0.29) is 86.4 Å². The Kier molecular flexibility index (Phi) is 30.0. The van der Waals surface area contributed by atoms with E-state index in [1.165, 1.54) is 48.5 Å². The van der Waals surface area contributed by atoms with Crippen LogP contribution in [0.2, 0.25) is 40.2 Å². The van der Waals surface area contributed by atoms with Gasteiger partial charge in [-0.2, -0.15) is 58.8 Å². The van der Waals surface area contributed by atoms with E-state index in [1.807, 2.05) is 42.5 Å². The summed E-state index contributed by atoms with van der Waals surface area (Å²) in [6.45, 7) is 6.73. The lowest BCUT2D eigenvalue weighted by Gasteiger charge is -1.98. The SMILES string of the molecule is N#Cc1cc(Cl)c(C#N)c(Cl)c1.N#Cc1cc(Cl)c(C#N)cc1Cl.N#Cc1ccc(Cl)c(C#N)c1Cl.O=[N+]([O-])c1c(F)cccc1F.O=[N+]([O-])c1cc(F)c([N+](=O)[O-])cc1F.O=[N+]([O-])c1ccc(F)cc1F.[C-]#[N+]c1cc(Cl)cc(C#N)c1Cl. The molecule has 7 aromatic carbocycles. The zero-order chi connectivity index (χ0) is 64.3. The van der Waals surface area contributed by atoms with Crippen molar-refractivity contribution in [2.24, 2.45) is 0 Å². The van der Waals surface area contributed by atoms with E-state index in [0.29, 0.717) is 16.7 Å². The highest BCUT2D eigenvalue weighted by Gasteiger charge is 2.24. The number of halogens is 14. The van der Waals surface area contributed by atoms with E-state index < -0.39 is 77.3 Å². The lowest BCUT2D eigenvalue weighted by Crippen LogP contribution is -1.98. The summed E-state index contributed by atoms with van der Waals surface area (Å²) in [5, 5.41) is 102. The van der Waals surface area contributed by atoms with Crippen molar-refractivity contribution in [3.05, 3.63) is 263 Å². The largest absolute Gasteiger partial charge is 0.340 e. The van der Waals surface area contributed by atoms with Crippen LogP contribution in [0.3, 0.4) is 0 Å². The predicted molar refractivity (Wildman–Crippen MR) is 291 cm³/mol. The van der Waals surface area contributed by atoms with Gasteiger partial charge in [-0.15, -0.1) is 0 Å². The highest BCUT2D eigenvalue weighted by Crippen LogP contribution is 2.32. The van der Waals surface area contributed by atoms with Crippen molar-refractivity contribution < 1.29 is 46.0 Å². The molecule has 0 radical (unpaired) electrons. The third-order valence-electron chi connectivity index (χ3n) is 8.80. The van der Waals surface area contributed by atoms with Crippen molar-refractivity contribution in [3.8, 4) is 42.5 Å². The number of hydrogen-bond donors (Lipinski definition) is 0. The average molecular weight is 1310 g/mol. The third-order valence-corrected chi connectivity index (χ3v) is 11.3. The zero-order valence-electron chi connectivity index (χ0n) is 40.2. The number of nitro benzene ring substituents is 4. The maximum Gasteiger partial charge on any atom is 0.340 e. The summed E-state index contributed by atoms with van der Waals surface area (Å²) in [5.41, 5.74) is -2.12. The van der Waals surface area contributed by atoms with Crippen molar-refractivity contribution in [2.45, 2.75) is 0 Å². The molecule has 0 amide bonds.